The molecule has 2 N–H and O–H groups in total. The molecule has 1 aliphatic rings. The molecular formula is C20H14ClF2N3OS. The van der Waals surface area contributed by atoms with Gasteiger partial charge in [-0.2, -0.15) is 0 Å². The number of nitrogens with zero attached hydrogens (tertiary/aromatic N) is 1. The third-order valence-electron chi connectivity index (χ3n) is 3.95. The van der Waals surface area contributed by atoms with Crippen LogP contribution in [0, 0.1) is 11.6 Å². The number of ether oxygens (including phenoxy) is 1. The van der Waals surface area contributed by atoms with E-state index < -0.39 is 5.82 Å². The molecule has 0 saturated carbocycles. The average Bonchev–Trinajstić information content (AvgIpc) is 2.71. The summed E-state index contributed by atoms with van der Waals surface area (Å²) in [5.41, 5.74) is 1.31. The van der Waals surface area contributed by atoms with Gasteiger partial charge in [-0.05, 0) is 53.9 Å². The Kier molecular flexibility index (Phi) is 5.36. The summed E-state index contributed by atoms with van der Waals surface area (Å²) in [5.74, 6) is 0.00955. The average molecular weight is 418 g/mol. The van der Waals surface area contributed by atoms with E-state index in [4.69, 9.17) is 16.3 Å². The molecule has 0 unspecified atom stereocenters. The number of rotatable bonds is 4. The molecule has 0 bridgehead atoms. The Morgan fingerprint density at radius 3 is 2.57 bits per heavy atom. The number of aliphatic imine (C=N–C) groups is 1. The van der Waals surface area contributed by atoms with Crippen molar-refractivity contribution in [3.8, 4) is 11.5 Å². The van der Waals surface area contributed by atoms with Crippen molar-refractivity contribution in [1.29, 1.82) is 0 Å². The summed E-state index contributed by atoms with van der Waals surface area (Å²) >= 11 is 7.42. The fourth-order valence-electron chi connectivity index (χ4n) is 2.56. The van der Waals surface area contributed by atoms with Gasteiger partial charge in [0, 0.05) is 0 Å². The van der Waals surface area contributed by atoms with Crippen LogP contribution in [0.3, 0.4) is 0 Å². The SMILES string of the molecule is Fc1ccc(CN=C2NSc3ccc(F)c(Oc4ccccc4Cl)c3N2)cc1. The van der Waals surface area contributed by atoms with Crippen molar-refractivity contribution in [2.75, 3.05) is 5.32 Å². The van der Waals surface area contributed by atoms with E-state index in [2.05, 4.69) is 15.0 Å². The number of nitrogens with one attached hydrogen (secondary N) is 2. The summed E-state index contributed by atoms with van der Waals surface area (Å²) in [6.07, 6.45) is 0. The molecule has 0 aliphatic carbocycles. The highest BCUT2D eigenvalue weighted by Gasteiger charge is 2.22. The van der Waals surface area contributed by atoms with Crippen LogP contribution in [0.4, 0.5) is 14.5 Å². The molecule has 3 aromatic rings. The van der Waals surface area contributed by atoms with E-state index >= 15 is 0 Å². The maximum atomic E-state index is 14.5. The van der Waals surface area contributed by atoms with E-state index in [9.17, 15) is 8.78 Å². The zero-order chi connectivity index (χ0) is 19.5. The van der Waals surface area contributed by atoms with Crippen molar-refractivity contribution < 1.29 is 13.5 Å². The Balaban J connectivity index is 1.60. The Hall–Kier alpha value is -2.77. The highest BCUT2D eigenvalue weighted by molar-refractivity contribution is 7.98. The number of fused-ring (bicyclic) bond motifs is 1. The molecule has 28 heavy (non-hydrogen) atoms. The quantitative estimate of drug-likeness (QED) is 0.512. The molecule has 3 aromatic carbocycles. The molecule has 0 fully saturated rings. The molecule has 0 radical (unpaired) electrons. The van der Waals surface area contributed by atoms with Crippen LogP contribution in [-0.4, -0.2) is 5.96 Å². The summed E-state index contributed by atoms with van der Waals surface area (Å²) < 4.78 is 36.3. The molecule has 8 heteroatoms. The van der Waals surface area contributed by atoms with Crippen molar-refractivity contribution >= 4 is 35.2 Å². The lowest BCUT2D eigenvalue weighted by Gasteiger charge is -2.23. The summed E-state index contributed by atoms with van der Waals surface area (Å²) in [7, 11) is 0. The van der Waals surface area contributed by atoms with Gasteiger partial charge < -0.3 is 10.1 Å². The van der Waals surface area contributed by atoms with Gasteiger partial charge in [0.25, 0.3) is 0 Å². The predicted octanol–water partition coefficient (Wildman–Crippen LogP) is 5.99. The van der Waals surface area contributed by atoms with E-state index in [1.807, 2.05) is 0 Å². The largest absolute Gasteiger partial charge is 0.450 e. The summed E-state index contributed by atoms with van der Waals surface area (Å²) in [4.78, 5) is 5.18. The molecule has 1 aliphatic heterocycles. The highest BCUT2D eigenvalue weighted by atomic mass is 35.5. The van der Waals surface area contributed by atoms with Gasteiger partial charge >= 0.3 is 0 Å². The van der Waals surface area contributed by atoms with Crippen LogP contribution in [0.2, 0.25) is 5.02 Å². The van der Waals surface area contributed by atoms with Crippen LogP contribution in [0.5, 0.6) is 11.5 Å². The zero-order valence-electron chi connectivity index (χ0n) is 14.4. The van der Waals surface area contributed by atoms with E-state index in [1.165, 1.54) is 30.1 Å². The minimum absolute atomic E-state index is 0.0362. The van der Waals surface area contributed by atoms with Crippen LogP contribution in [0.1, 0.15) is 5.56 Å². The first kappa shape index (κ1) is 18.6. The second-order valence-electron chi connectivity index (χ2n) is 5.90. The number of halogens is 3. The second kappa shape index (κ2) is 8.08. The molecule has 0 aromatic heterocycles. The van der Waals surface area contributed by atoms with Crippen LogP contribution in [0.25, 0.3) is 0 Å². The van der Waals surface area contributed by atoms with Gasteiger partial charge in [-0.25, -0.2) is 13.8 Å². The summed E-state index contributed by atoms with van der Waals surface area (Å²) in [6, 6.07) is 15.9. The van der Waals surface area contributed by atoms with Crippen LogP contribution in [0.15, 0.2) is 70.6 Å². The molecule has 4 nitrogen and oxygen atoms in total. The molecule has 142 valence electrons. The number of hydrogen-bond donors (Lipinski definition) is 2. The minimum Gasteiger partial charge on any atom is -0.450 e. The number of hydrogen-bond acceptors (Lipinski definition) is 3. The van der Waals surface area contributed by atoms with Crippen molar-refractivity contribution in [2.24, 2.45) is 4.99 Å². The Morgan fingerprint density at radius 1 is 1.00 bits per heavy atom. The molecule has 4 rings (SSSR count). The standard InChI is InChI=1S/C20H14ClF2N3OS/c21-14-3-1-2-4-16(14)27-19-15(23)9-10-17-18(19)25-20(26-28-17)24-11-12-5-7-13(22)8-6-12/h1-10H,11H2,(H2,24,25,26). The van der Waals surface area contributed by atoms with E-state index in [0.29, 0.717) is 29.0 Å². The van der Waals surface area contributed by atoms with Crippen LogP contribution in [-0.2, 0) is 6.54 Å². The molecule has 0 atom stereocenters. The minimum atomic E-state index is -0.522. The Bertz CT molecular complexity index is 1040. The third kappa shape index (κ3) is 4.05. The number of benzene rings is 3. The molecule has 0 spiro atoms. The van der Waals surface area contributed by atoms with Crippen molar-refractivity contribution in [3.63, 3.8) is 0 Å². The van der Waals surface area contributed by atoms with Crippen LogP contribution < -0.4 is 14.8 Å². The topological polar surface area (TPSA) is 45.7 Å². The van der Waals surface area contributed by atoms with Gasteiger partial charge in [0.15, 0.2) is 11.6 Å². The van der Waals surface area contributed by atoms with Gasteiger partial charge in [-0.15, -0.1) is 0 Å². The second-order valence-corrected chi connectivity index (χ2v) is 7.16. The summed E-state index contributed by atoms with van der Waals surface area (Å²) in [5, 5.41) is 3.44. The molecule has 0 saturated heterocycles. The maximum Gasteiger partial charge on any atom is 0.206 e. The fraction of sp³-hybridized carbons (Fsp3) is 0.0500. The summed E-state index contributed by atoms with van der Waals surface area (Å²) in [6.45, 7) is 0.335. The van der Waals surface area contributed by atoms with Gasteiger partial charge in [-0.1, -0.05) is 35.9 Å². The van der Waals surface area contributed by atoms with Crippen molar-refractivity contribution in [1.82, 2.24) is 4.72 Å². The lowest BCUT2D eigenvalue weighted by Crippen LogP contribution is -2.29. The third-order valence-corrected chi connectivity index (χ3v) is 5.12. The lowest BCUT2D eigenvalue weighted by molar-refractivity contribution is 0.443. The molecule has 1 heterocycles. The predicted molar refractivity (Wildman–Crippen MR) is 108 cm³/mol. The van der Waals surface area contributed by atoms with Gasteiger partial charge in [0.1, 0.15) is 17.3 Å². The van der Waals surface area contributed by atoms with Gasteiger partial charge in [0.2, 0.25) is 5.96 Å². The fourth-order valence-corrected chi connectivity index (χ4v) is 3.44. The monoisotopic (exact) mass is 417 g/mol. The smallest absolute Gasteiger partial charge is 0.206 e. The van der Waals surface area contributed by atoms with Gasteiger partial charge in [0.05, 0.1) is 16.5 Å². The Labute approximate surface area is 169 Å². The highest BCUT2D eigenvalue weighted by Crippen LogP contribution is 2.42. The van der Waals surface area contributed by atoms with E-state index in [0.717, 1.165) is 10.5 Å². The van der Waals surface area contributed by atoms with E-state index in [-0.39, 0.29) is 11.6 Å². The number of guanidine groups is 1. The number of anilines is 1. The first-order chi connectivity index (χ1) is 13.6. The molecule has 0 amide bonds. The first-order valence-electron chi connectivity index (χ1n) is 8.34. The zero-order valence-corrected chi connectivity index (χ0v) is 16.0. The number of para-hydroxylation sites is 1. The molecular weight excluding hydrogens is 404 g/mol. The maximum absolute atomic E-state index is 14.5. The first-order valence-corrected chi connectivity index (χ1v) is 9.53. The normalized spacial score (nSPS) is 14.2. The van der Waals surface area contributed by atoms with Crippen LogP contribution >= 0.6 is 23.5 Å². The van der Waals surface area contributed by atoms with Gasteiger partial charge in [-0.3, -0.25) is 4.72 Å². The lowest BCUT2D eigenvalue weighted by atomic mass is 10.2. The van der Waals surface area contributed by atoms with E-state index in [1.54, 1.807) is 42.5 Å². The van der Waals surface area contributed by atoms with Crippen molar-refractivity contribution in [2.45, 2.75) is 11.4 Å². The van der Waals surface area contributed by atoms with Crippen molar-refractivity contribution in [3.05, 3.63) is 82.9 Å². The Morgan fingerprint density at radius 2 is 1.79 bits per heavy atom.